The summed E-state index contributed by atoms with van der Waals surface area (Å²) in [4.78, 5) is 12.5. The van der Waals surface area contributed by atoms with E-state index in [1.807, 2.05) is 30.5 Å². The van der Waals surface area contributed by atoms with Crippen molar-refractivity contribution in [3.05, 3.63) is 58.5 Å². The Bertz CT molecular complexity index is 959. The summed E-state index contributed by atoms with van der Waals surface area (Å²) < 4.78 is 22.0. The monoisotopic (exact) mass is 466 g/mol. The number of carbonyl (C=O) groups excluding carboxylic acids is 1. The first-order valence-corrected chi connectivity index (χ1v) is 10.4. The van der Waals surface area contributed by atoms with Crippen molar-refractivity contribution in [2.45, 2.75) is 43.6 Å². The van der Waals surface area contributed by atoms with Gasteiger partial charge in [0.25, 0.3) is 0 Å². The van der Waals surface area contributed by atoms with Gasteiger partial charge < -0.3 is 9.73 Å². The minimum atomic E-state index is -0.498. The van der Waals surface area contributed by atoms with Crippen LogP contribution in [-0.4, -0.2) is 25.9 Å². The van der Waals surface area contributed by atoms with Gasteiger partial charge in [-0.1, -0.05) is 41.5 Å². The molecule has 148 valence electrons. The van der Waals surface area contributed by atoms with Crippen LogP contribution in [0.1, 0.15) is 38.3 Å². The van der Waals surface area contributed by atoms with Gasteiger partial charge >= 0.3 is 0 Å². The highest BCUT2D eigenvalue weighted by Crippen LogP contribution is 2.27. The molecule has 9 heteroatoms. The van der Waals surface area contributed by atoms with Gasteiger partial charge in [-0.3, -0.25) is 9.36 Å². The number of aromatic nitrogens is 3. The number of nitrogens with zero attached hydrogens (tertiary/aromatic N) is 3. The van der Waals surface area contributed by atoms with E-state index in [4.69, 9.17) is 4.42 Å². The molecule has 1 atom stereocenters. The van der Waals surface area contributed by atoms with E-state index >= 15 is 0 Å². The van der Waals surface area contributed by atoms with Gasteiger partial charge in [-0.05, 0) is 37.3 Å². The van der Waals surface area contributed by atoms with Crippen LogP contribution in [0.4, 0.5) is 10.1 Å². The third-order valence-corrected chi connectivity index (χ3v) is 5.57. The first kappa shape index (κ1) is 20.6. The van der Waals surface area contributed by atoms with Crippen LogP contribution >= 0.6 is 27.7 Å². The molecular formula is C19H20BrFN4O2S. The van der Waals surface area contributed by atoms with Crippen LogP contribution in [0.2, 0.25) is 0 Å². The van der Waals surface area contributed by atoms with Gasteiger partial charge in [0.2, 0.25) is 5.91 Å². The molecule has 0 saturated carbocycles. The van der Waals surface area contributed by atoms with E-state index < -0.39 is 11.1 Å². The Morgan fingerprint density at radius 3 is 2.75 bits per heavy atom. The summed E-state index contributed by atoms with van der Waals surface area (Å²) in [6, 6.07) is 8.20. The zero-order chi connectivity index (χ0) is 20.3. The number of hydrogen-bond donors (Lipinski definition) is 1. The number of furan rings is 1. The van der Waals surface area contributed by atoms with E-state index in [1.165, 1.54) is 23.9 Å². The standard InChI is InChI=1S/C19H20BrFN4O2S/c1-11(2)17-23-24-19(25(17)10-14-5-4-8-27-14)28-12(3)18(26)22-16-7-6-13(20)9-15(16)21/h4-9,11-12H,10H2,1-3H3,(H,22,26). The summed E-state index contributed by atoms with van der Waals surface area (Å²) in [7, 11) is 0. The lowest BCUT2D eigenvalue weighted by atomic mass is 10.2. The fourth-order valence-corrected chi connectivity index (χ4v) is 3.75. The second-order valence-electron chi connectivity index (χ2n) is 6.53. The zero-order valence-electron chi connectivity index (χ0n) is 15.6. The molecule has 3 aromatic rings. The normalized spacial score (nSPS) is 12.4. The Labute approximate surface area is 175 Å². The lowest BCUT2D eigenvalue weighted by Gasteiger charge is -2.14. The number of amides is 1. The second kappa shape index (κ2) is 8.91. The van der Waals surface area contributed by atoms with Crippen LogP contribution in [0.5, 0.6) is 0 Å². The van der Waals surface area contributed by atoms with Gasteiger partial charge in [-0.25, -0.2) is 4.39 Å². The quantitative estimate of drug-likeness (QED) is 0.492. The van der Waals surface area contributed by atoms with Crippen molar-refractivity contribution in [1.29, 1.82) is 0 Å². The number of anilines is 1. The summed E-state index contributed by atoms with van der Waals surface area (Å²) in [5, 5.41) is 11.3. The van der Waals surface area contributed by atoms with Crippen LogP contribution in [0.15, 0.2) is 50.6 Å². The number of nitrogens with one attached hydrogen (secondary N) is 1. The van der Waals surface area contributed by atoms with Gasteiger partial charge in [0.1, 0.15) is 17.4 Å². The molecule has 2 aromatic heterocycles. The van der Waals surface area contributed by atoms with Crippen molar-refractivity contribution >= 4 is 39.3 Å². The van der Waals surface area contributed by atoms with E-state index in [1.54, 1.807) is 19.3 Å². The molecule has 0 aliphatic rings. The van der Waals surface area contributed by atoms with E-state index in [9.17, 15) is 9.18 Å². The molecule has 0 spiro atoms. The van der Waals surface area contributed by atoms with Crippen LogP contribution < -0.4 is 5.32 Å². The van der Waals surface area contributed by atoms with Gasteiger partial charge in [-0.15, -0.1) is 10.2 Å². The van der Waals surface area contributed by atoms with Crippen LogP contribution in [-0.2, 0) is 11.3 Å². The van der Waals surface area contributed by atoms with Gasteiger partial charge in [0.05, 0.1) is 23.7 Å². The largest absolute Gasteiger partial charge is 0.467 e. The molecule has 1 aromatic carbocycles. The molecule has 0 aliphatic carbocycles. The SMILES string of the molecule is CC(Sc1nnc(C(C)C)n1Cc1ccco1)C(=O)Nc1ccc(Br)cc1F. The number of rotatable bonds is 7. The summed E-state index contributed by atoms with van der Waals surface area (Å²) in [6.45, 7) is 6.29. The number of halogens is 2. The molecule has 0 bridgehead atoms. The second-order valence-corrected chi connectivity index (χ2v) is 8.76. The third kappa shape index (κ3) is 4.82. The van der Waals surface area contributed by atoms with Crippen molar-refractivity contribution in [1.82, 2.24) is 14.8 Å². The van der Waals surface area contributed by atoms with Crippen molar-refractivity contribution in [3.8, 4) is 0 Å². The highest BCUT2D eigenvalue weighted by Gasteiger charge is 2.22. The van der Waals surface area contributed by atoms with Crippen LogP contribution in [0.3, 0.4) is 0 Å². The Morgan fingerprint density at radius 1 is 1.32 bits per heavy atom. The fourth-order valence-electron chi connectivity index (χ4n) is 2.56. The van der Waals surface area contributed by atoms with Gasteiger partial charge in [0.15, 0.2) is 5.16 Å². The van der Waals surface area contributed by atoms with Crippen LogP contribution in [0, 0.1) is 5.82 Å². The summed E-state index contributed by atoms with van der Waals surface area (Å²) >= 11 is 4.47. The van der Waals surface area contributed by atoms with E-state index in [-0.39, 0.29) is 17.5 Å². The molecule has 28 heavy (non-hydrogen) atoms. The Kier molecular flexibility index (Phi) is 6.56. The maximum Gasteiger partial charge on any atom is 0.237 e. The number of carbonyl (C=O) groups is 1. The molecule has 0 fully saturated rings. The molecule has 1 N–H and O–H groups in total. The van der Waals surface area contributed by atoms with E-state index in [0.29, 0.717) is 16.2 Å². The van der Waals surface area contributed by atoms with Crippen molar-refractivity contribution < 1.29 is 13.6 Å². The molecule has 6 nitrogen and oxygen atoms in total. The van der Waals surface area contributed by atoms with Crippen molar-refractivity contribution in [3.63, 3.8) is 0 Å². The lowest BCUT2D eigenvalue weighted by Crippen LogP contribution is -2.23. The van der Waals surface area contributed by atoms with E-state index in [2.05, 4.69) is 31.4 Å². The fraction of sp³-hybridized carbons (Fsp3) is 0.316. The molecule has 2 heterocycles. The molecule has 0 aliphatic heterocycles. The Hall–Kier alpha value is -2.13. The number of hydrogen-bond acceptors (Lipinski definition) is 5. The molecule has 3 rings (SSSR count). The predicted molar refractivity (Wildman–Crippen MR) is 110 cm³/mol. The average molecular weight is 467 g/mol. The summed E-state index contributed by atoms with van der Waals surface area (Å²) in [6.07, 6.45) is 1.62. The topological polar surface area (TPSA) is 73.0 Å². The highest BCUT2D eigenvalue weighted by molar-refractivity contribution is 9.10. The maximum absolute atomic E-state index is 14.0. The van der Waals surface area contributed by atoms with Gasteiger partial charge in [-0.2, -0.15) is 0 Å². The number of thioether (sulfide) groups is 1. The third-order valence-electron chi connectivity index (χ3n) is 4.00. The van der Waals surface area contributed by atoms with Crippen LogP contribution in [0.25, 0.3) is 0 Å². The first-order valence-electron chi connectivity index (χ1n) is 8.73. The van der Waals surface area contributed by atoms with Crippen molar-refractivity contribution in [2.75, 3.05) is 5.32 Å². The smallest absolute Gasteiger partial charge is 0.237 e. The Morgan fingerprint density at radius 2 is 2.11 bits per heavy atom. The Balaban J connectivity index is 1.75. The minimum Gasteiger partial charge on any atom is -0.467 e. The summed E-state index contributed by atoms with van der Waals surface area (Å²) in [5.74, 6) is 0.939. The maximum atomic E-state index is 14.0. The van der Waals surface area contributed by atoms with Crippen molar-refractivity contribution in [2.24, 2.45) is 0 Å². The molecule has 0 radical (unpaired) electrons. The highest BCUT2D eigenvalue weighted by atomic mass is 79.9. The van der Waals surface area contributed by atoms with E-state index in [0.717, 1.165) is 11.6 Å². The molecule has 1 amide bonds. The predicted octanol–water partition coefficient (Wildman–Crippen LogP) is 5.06. The molecular weight excluding hydrogens is 447 g/mol. The molecule has 1 unspecified atom stereocenters. The first-order chi connectivity index (χ1) is 13.3. The minimum absolute atomic E-state index is 0.139. The number of benzene rings is 1. The summed E-state index contributed by atoms with van der Waals surface area (Å²) in [5.41, 5.74) is 0.139. The average Bonchev–Trinajstić information content (AvgIpc) is 3.28. The lowest BCUT2D eigenvalue weighted by molar-refractivity contribution is -0.115. The van der Waals surface area contributed by atoms with Gasteiger partial charge in [0, 0.05) is 10.4 Å². The zero-order valence-corrected chi connectivity index (χ0v) is 18.1. The molecule has 0 saturated heterocycles.